The summed E-state index contributed by atoms with van der Waals surface area (Å²) >= 11 is 6.21. The third-order valence-electron chi connectivity index (χ3n) is 9.12. The minimum atomic E-state index is -0.934. The third kappa shape index (κ3) is 3.40. The molecule has 4 fully saturated rings. The Bertz CT molecular complexity index is 1360. The first-order valence-corrected chi connectivity index (χ1v) is 13.7. The van der Waals surface area contributed by atoms with Gasteiger partial charge in [-0.15, -0.1) is 0 Å². The van der Waals surface area contributed by atoms with Crippen molar-refractivity contribution < 1.29 is 23.8 Å². The van der Waals surface area contributed by atoms with Crippen LogP contribution in [-0.4, -0.2) is 92.0 Å². The van der Waals surface area contributed by atoms with Crippen molar-refractivity contribution in [2.45, 2.75) is 75.2 Å². The van der Waals surface area contributed by atoms with Crippen LogP contribution in [0.15, 0.2) is 12.2 Å². The molecule has 202 valence electrons. The molecule has 1 amide bonds. The molecule has 10 nitrogen and oxygen atoms in total. The number of ether oxygens (including phenoxy) is 2. The standard InChI is InChI=1S/C26H30ClFN6O4/c1-3-16-20-15-6-5-14(34(15)25(35)36)11-33(20)22-17-19(18(28)21(27)30-23(17)38-16)29-24(31-22)37-12-26-7-4-8-32(26)10-13(2)9-26/h14-16,20H,2-12H2,1H3,(H,35,36). The van der Waals surface area contributed by atoms with Gasteiger partial charge in [-0.2, -0.15) is 15.0 Å². The fourth-order valence-corrected chi connectivity index (χ4v) is 7.74. The van der Waals surface area contributed by atoms with Crippen LogP contribution < -0.4 is 14.4 Å². The summed E-state index contributed by atoms with van der Waals surface area (Å²) in [5.74, 6) is -0.127. The number of carboxylic acid groups (broad SMARTS) is 1. The van der Waals surface area contributed by atoms with Crippen LogP contribution in [0.1, 0.15) is 45.4 Å². The maximum atomic E-state index is 15.5. The maximum Gasteiger partial charge on any atom is 0.407 e. The van der Waals surface area contributed by atoms with E-state index in [2.05, 4.69) is 26.3 Å². The molecule has 2 bridgehead atoms. The summed E-state index contributed by atoms with van der Waals surface area (Å²) in [6.45, 7) is 8.82. The van der Waals surface area contributed by atoms with E-state index in [1.807, 2.05) is 6.92 Å². The van der Waals surface area contributed by atoms with Gasteiger partial charge in [-0.1, -0.05) is 30.7 Å². The van der Waals surface area contributed by atoms with Crippen molar-refractivity contribution in [2.24, 2.45) is 0 Å². The van der Waals surface area contributed by atoms with Gasteiger partial charge in [0.15, 0.2) is 11.0 Å². The van der Waals surface area contributed by atoms with Crippen LogP contribution in [-0.2, 0) is 0 Å². The number of amides is 1. The number of carbonyl (C=O) groups is 1. The highest BCUT2D eigenvalue weighted by Gasteiger charge is 2.54. The fraction of sp³-hybridized carbons (Fsp3) is 0.615. The number of hydrogen-bond donors (Lipinski definition) is 1. The van der Waals surface area contributed by atoms with Crippen molar-refractivity contribution in [1.29, 1.82) is 0 Å². The molecule has 2 aromatic rings. The van der Waals surface area contributed by atoms with E-state index in [-0.39, 0.29) is 46.2 Å². The van der Waals surface area contributed by atoms with Gasteiger partial charge < -0.3 is 19.5 Å². The molecule has 0 saturated carbocycles. The van der Waals surface area contributed by atoms with Crippen molar-refractivity contribution in [1.82, 2.24) is 24.8 Å². The summed E-state index contributed by atoms with van der Waals surface area (Å²) in [6, 6.07) is -0.725. The van der Waals surface area contributed by atoms with Gasteiger partial charge in [-0.3, -0.25) is 9.80 Å². The quantitative estimate of drug-likeness (QED) is 0.454. The average Bonchev–Trinajstić information content (AvgIpc) is 3.49. The second-order valence-electron chi connectivity index (χ2n) is 11.2. The third-order valence-corrected chi connectivity index (χ3v) is 9.37. The molecular formula is C26H30ClFN6O4. The Morgan fingerprint density at radius 2 is 2.18 bits per heavy atom. The number of pyridine rings is 1. The van der Waals surface area contributed by atoms with Crippen LogP contribution in [0.3, 0.4) is 0 Å². The summed E-state index contributed by atoms with van der Waals surface area (Å²) in [5, 5.41) is 9.99. The molecule has 7 heterocycles. The van der Waals surface area contributed by atoms with Crippen LogP contribution in [0, 0.1) is 5.82 Å². The Morgan fingerprint density at radius 3 is 2.97 bits per heavy atom. The summed E-state index contributed by atoms with van der Waals surface area (Å²) in [4.78, 5) is 31.7. The molecule has 0 aliphatic carbocycles. The molecule has 5 aliphatic heterocycles. The van der Waals surface area contributed by atoms with Crippen molar-refractivity contribution in [2.75, 3.05) is 31.1 Å². The van der Waals surface area contributed by atoms with Gasteiger partial charge >= 0.3 is 12.1 Å². The monoisotopic (exact) mass is 544 g/mol. The van der Waals surface area contributed by atoms with Gasteiger partial charge in [0.05, 0.1) is 23.7 Å². The van der Waals surface area contributed by atoms with Gasteiger partial charge in [0, 0.05) is 13.1 Å². The van der Waals surface area contributed by atoms with Gasteiger partial charge in [0.2, 0.25) is 5.88 Å². The van der Waals surface area contributed by atoms with E-state index in [4.69, 9.17) is 26.1 Å². The number of hydrogen-bond acceptors (Lipinski definition) is 8. The lowest BCUT2D eigenvalue weighted by Gasteiger charge is -2.47. The zero-order chi connectivity index (χ0) is 26.3. The number of piperazine rings is 1. The smallest absolute Gasteiger partial charge is 0.407 e. The Labute approximate surface area is 224 Å². The largest absolute Gasteiger partial charge is 0.471 e. The molecule has 0 spiro atoms. The highest BCUT2D eigenvalue weighted by molar-refractivity contribution is 6.30. The number of nitrogens with zero attached hydrogens (tertiary/aromatic N) is 6. The van der Waals surface area contributed by atoms with Crippen molar-refractivity contribution in [3.8, 4) is 11.9 Å². The highest BCUT2D eigenvalue weighted by Crippen LogP contribution is 2.47. The molecule has 4 saturated heterocycles. The first-order chi connectivity index (χ1) is 18.3. The van der Waals surface area contributed by atoms with Gasteiger partial charge in [-0.25, -0.2) is 9.18 Å². The van der Waals surface area contributed by atoms with E-state index in [0.29, 0.717) is 30.8 Å². The summed E-state index contributed by atoms with van der Waals surface area (Å²) in [6.07, 6.45) is 3.68. The fourth-order valence-electron chi connectivity index (χ4n) is 7.58. The van der Waals surface area contributed by atoms with E-state index >= 15 is 4.39 Å². The topological polar surface area (TPSA) is 104 Å². The van der Waals surface area contributed by atoms with E-state index in [0.717, 1.165) is 45.2 Å². The van der Waals surface area contributed by atoms with E-state index in [1.165, 1.54) is 5.57 Å². The first kappa shape index (κ1) is 24.1. The zero-order valence-electron chi connectivity index (χ0n) is 21.2. The van der Waals surface area contributed by atoms with Crippen molar-refractivity contribution in [3.63, 3.8) is 0 Å². The number of rotatable bonds is 4. The highest BCUT2D eigenvalue weighted by atomic mass is 35.5. The second-order valence-corrected chi connectivity index (χ2v) is 11.6. The molecule has 0 radical (unpaired) electrons. The van der Waals surface area contributed by atoms with Gasteiger partial charge in [-0.05, 0) is 45.1 Å². The summed E-state index contributed by atoms with van der Waals surface area (Å²) in [5.41, 5.74) is 1.04. The van der Waals surface area contributed by atoms with Crippen molar-refractivity contribution >= 4 is 34.4 Å². The lowest BCUT2D eigenvalue weighted by Crippen LogP contribution is -2.65. The Balaban J connectivity index is 1.34. The lowest BCUT2D eigenvalue weighted by molar-refractivity contribution is 0.0635. The Hall–Kier alpha value is -2.92. The average molecular weight is 545 g/mol. The molecule has 2 aromatic heterocycles. The SMILES string of the molecule is C=C1CN2CCCC2(COc2nc3c4c(nc(Cl)c(F)c4n2)OC(CC)C2C4CCC(CN32)N4C(=O)O)C1. The van der Waals surface area contributed by atoms with Gasteiger partial charge in [0.25, 0.3) is 0 Å². The van der Waals surface area contributed by atoms with E-state index < -0.39 is 18.0 Å². The predicted octanol–water partition coefficient (Wildman–Crippen LogP) is 3.86. The number of aromatic nitrogens is 3. The number of fused-ring (bicyclic) bond motifs is 6. The van der Waals surface area contributed by atoms with Crippen LogP contribution in [0.4, 0.5) is 15.0 Å². The minimum absolute atomic E-state index is 0.000115. The molecule has 12 heteroatoms. The molecule has 38 heavy (non-hydrogen) atoms. The number of halogens is 2. The maximum absolute atomic E-state index is 15.5. The minimum Gasteiger partial charge on any atom is -0.471 e. The first-order valence-electron chi connectivity index (χ1n) is 13.4. The number of anilines is 1. The van der Waals surface area contributed by atoms with E-state index in [9.17, 15) is 9.90 Å². The molecular weight excluding hydrogens is 515 g/mol. The molecule has 1 N–H and O–H groups in total. The van der Waals surface area contributed by atoms with Crippen molar-refractivity contribution in [3.05, 3.63) is 23.1 Å². The van der Waals surface area contributed by atoms with Crippen LogP contribution in [0.5, 0.6) is 11.9 Å². The lowest BCUT2D eigenvalue weighted by atomic mass is 9.94. The van der Waals surface area contributed by atoms with Gasteiger partial charge in [0.1, 0.15) is 29.4 Å². The summed E-state index contributed by atoms with van der Waals surface area (Å²) in [7, 11) is 0. The summed E-state index contributed by atoms with van der Waals surface area (Å²) < 4.78 is 28.1. The zero-order valence-corrected chi connectivity index (χ0v) is 22.0. The molecule has 5 atom stereocenters. The molecule has 5 aliphatic rings. The van der Waals surface area contributed by atoms with E-state index in [1.54, 1.807) is 4.90 Å². The van der Waals surface area contributed by atoms with Crippen LogP contribution in [0.2, 0.25) is 5.15 Å². The van der Waals surface area contributed by atoms with Crippen LogP contribution in [0.25, 0.3) is 10.9 Å². The van der Waals surface area contributed by atoms with Crippen LogP contribution >= 0.6 is 11.6 Å². The molecule has 0 aromatic carbocycles. The normalized spacial score (nSPS) is 31.8. The Morgan fingerprint density at radius 1 is 1.34 bits per heavy atom. The molecule has 5 unspecified atom stereocenters. The second kappa shape index (κ2) is 8.54. The predicted molar refractivity (Wildman–Crippen MR) is 138 cm³/mol. The molecule has 7 rings (SSSR count). The Kier molecular flexibility index (Phi) is 5.43.